The minimum atomic E-state index is 0.855. The van der Waals surface area contributed by atoms with Gasteiger partial charge in [0.15, 0.2) is 0 Å². The number of benzene rings is 8. The first-order chi connectivity index (χ1) is 24.3. The molecule has 0 fully saturated rings. The molecule has 2 aromatic heterocycles. The van der Waals surface area contributed by atoms with Crippen LogP contribution in [-0.4, -0.2) is 0 Å². The van der Waals surface area contributed by atoms with Gasteiger partial charge in [-0.15, -0.1) is 0 Å². The Morgan fingerprint density at radius 2 is 0.878 bits per heavy atom. The van der Waals surface area contributed by atoms with Crippen LogP contribution in [0.5, 0.6) is 0 Å². The highest BCUT2D eigenvalue weighted by Gasteiger charge is 2.18. The van der Waals surface area contributed by atoms with Crippen LogP contribution in [0.25, 0.3) is 76.9 Å². The number of hydrogen-bond acceptors (Lipinski definition) is 3. The zero-order chi connectivity index (χ0) is 32.3. The van der Waals surface area contributed by atoms with Crippen molar-refractivity contribution in [2.45, 2.75) is 0 Å². The average molecular weight is 628 g/mol. The minimum absolute atomic E-state index is 0.855. The van der Waals surface area contributed by atoms with Crippen molar-refractivity contribution in [1.82, 2.24) is 0 Å². The van der Waals surface area contributed by atoms with E-state index in [4.69, 9.17) is 8.83 Å². The van der Waals surface area contributed by atoms with Gasteiger partial charge in [0.1, 0.15) is 22.3 Å². The topological polar surface area (TPSA) is 29.5 Å². The third kappa shape index (κ3) is 4.59. The summed E-state index contributed by atoms with van der Waals surface area (Å²) in [6.07, 6.45) is 0. The van der Waals surface area contributed by atoms with E-state index in [0.717, 1.165) is 60.9 Å². The average Bonchev–Trinajstić information content (AvgIpc) is 3.74. The predicted molar refractivity (Wildman–Crippen MR) is 204 cm³/mol. The van der Waals surface area contributed by atoms with Crippen molar-refractivity contribution in [1.29, 1.82) is 0 Å². The molecule has 0 aliphatic carbocycles. The van der Waals surface area contributed by atoms with Gasteiger partial charge < -0.3 is 13.7 Å². The Kier molecular flexibility index (Phi) is 6.18. The molecule has 0 atom stereocenters. The standard InChI is InChI=1S/C46H29NO2/c1-3-9-30(10-4-1)32-15-19-35(20-16-32)47(36-22-26-43-41(28-36)39-13-7-8-14-42(39)48-43)37-21-24-40-45(29-37)49-44-25-18-34-27-33(17-23-38(34)46(40)44)31-11-5-2-6-12-31/h1-29H. The molecule has 0 bridgehead atoms. The fourth-order valence-electron chi connectivity index (χ4n) is 7.28. The van der Waals surface area contributed by atoms with Crippen molar-refractivity contribution in [3.8, 4) is 22.3 Å². The summed E-state index contributed by atoms with van der Waals surface area (Å²) in [6, 6.07) is 62.0. The molecule has 0 amide bonds. The second-order valence-electron chi connectivity index (χ2n) is 12.6. The summed E-state index contributed by atoms with van der Waals surface area (Å²) >= 11 is 0. The van der Waals surface area contributed by atoms with Crippen LogP contribution in [0, 0.1) is 0 Å². The molecule has 0 saturated heterocycles. The number of rotatable bonds is 5. The Bertz CT molecular complexity index is 2810. The smallest absolute Gasteiger partial charge is 0.137 e. The zero-order valence-electron chi connectivity index (χ0n) is 26.5. The van der Waals surface area contributed by atoms with Gasteiger partial charge in [-0.3, -0.25) is 0 Å². The molecule has 0 saturated carbocycles. The molecule has 2 heterocycles. The summed E-state index contributed by atoms with van der Waals surface area (Å²) in [5, 5.41) is 6.82. The Balaban J connectivity index is 1.13. The highest BCUT2D eigenvalue weighted by molar-refractivity contribution is 6.19. The Morgan fingerprint density at radius 1 is 0.306 bits per heavy atom. The number of para-hydroxylation sites is 1. The maximum absolute atomic E-state index is 6.59. The molecule has 0 radical (unpaired) electrons. The fourth-order valence-corrected chi connectivity index (χ4v) is 7.28. The van der Waals surface area contributed by atoms with Gasteiger partial charge in [0.25, 0.3) is 0 Å². The van der Waals surface area contributed by atoms with Crippen molar-refractivity contribution in [3.63, 3.8) is 0 Å². The number of furan rings is 2. The van der Waals surface area contributed by atoms with Gasteiger partial charge in [-0.05, 0) is 93.7 Å². The molecule has 8 aromatic carbocycles. The van der Waals surface area contributed by atoms with Gasteiger partial charge in [-0.2, -0.15) is 0 Å². The van der Waals surface area contributed by atoms with Crippen molar-refractivity contribution >= 4 is 71.7 Å². The molecule has 0 unspecified atom stereocenters. The summed E-state index contributed by atoms with van der Waals surface area (Å²) in [5.74, 6) is 0. The second kappa shape index (κ2) is 11.0. The number of hydrogen-bond donors (Lipinski definition) is 0. The lowest BCUT2D eigenvalue weighted by Crippen LogP contribution is -2.09. The van der Waals surface area contributed by atoms with Crippen LogP contribution in [0.3, 0.4) is 0 Å². The third-order valence-corrected chi connectivity index (χ3v) is 9.65. The molecule has 49 heavy (non-hydrogen) atoms. The predicted octanol–water partition coefficient (Wildman–Crippen LogP) is 13.4. The van der Waals surface area contributed by atoms with E-state index >= 15 is 0 Å². The summed E-state index contributed by atoms with van der Waals surface area (Å²) in [5.41, 5.74) is 11.4. The van der Waals surface area contributed by atoms with E-state index in [1.807, 2.05) is 18.2 Å². The highest BCUT2D eigenvalue weighted by Crippen LogP contribution is 2.42. The van der Waals surface area contributed by atoms with Crippen molar-refractivity contribution < 1.29 is 8.83 Å². The van der Waals surface area contributed by atoms with Crippen LogP contribution < -0.4 is 4.90 Å². The van der Waals surface area contributed by atoms with Gasteiger partial charge in [0.05, 0.1) is 0 Å². The number of anilines is 3. The SMILES string of the molecule is c1ccc(-c2ccc(N(c3ccc4c(c3)oc3ccc5cc(-c6ccccc6)ccc5c34)c3ccc4oc5ccccc5c4c3)cc2)cc1. The van der Waals surface area contributed by atoms with Gasteiger partial charge in [-0.1, -0.05) is 109 Å². The van der Waals surface area contributed by atoms with Gasteiger partial charge >= 0.3 is 0 Å². The summed E-state index contributed by atoms with van der Waals surface area (Å²) in [7, 11) is 0. The van der Waals surface area contributed by atoms with Crippen LogP contribution in [0.1, 0.15) is 0 Å². The molecule has 0 N–H and O–H groups in total. The monoisotopic (exact) mass is 627 g/mol. The van der Waals surface area contributed by atoms with Crippen molar-refractivity contribution in [2.24, 2.45) is 0 Å². The largest absolute Gasteiger partial charge is 0.456 e. The third-order valence-electron chi connectivity index (χ3n) is 9.65. The maximum Gasteiger partial charge on any atom is 0.137 e. The van der Waals surface area contributed by atoms with Crippen LogP contribution in [-0.2, 0) is 0 Å². The number of fused-ring (bicyclic) bond motifs is 8. The normalized spacial score (nSPS) is 11.7. The summed E-state index contributed by atoms with van der Waals surface area (Å²) in [4.78, 5) is 2.30. The van der Waals surface area contributed by atoms with Crippen LogP contribution in [0.2, 0.25) is 0 Å². The molecule has 10 rings (SSSR count). The van der Waals surface area contributed by atoms with E-state index < -0.39 is 0 Å². The van der Waals surface area contributed by atoms with E-state index in [-0.39, 0.29) is 0 Å². The molecule has 0 spiro atoms. The molecular formula is C46H29NO2. The van der Waals surface area contributed by atoms with Crippen LogP contribution >= 0.6 is 0 Å². The molecule has 3 nitrogen and oxygen atoms in total. The lowest BCUT2D eigenvalue weighted by atomic mass is 9.98. The second-order valence-corrected chi connectivity index (χ2v) is 12.6. The molecule has 230 valence electrons. The van der Waals surface area contributed by atoms with Crippen molar-refractivity contribution in [2.75, 3.05) is 4.90 Å². The van der Waals surface area contributed by atoms with Crippen molar-refractivity contribution in [3.05, 3.63) is 176 Å². The molecule has 3 heteroatoms. The summed E-state index contributed by atoms with van der Waals surface area (Å²) < 4.78 is 12.8. The molecular weight excluding hydrogens is 599 g/mol. The van der Waals surface area contributed by atoms with Crippen LogP contribution in [0.4, 0.5) is 17.1 Å². The van der Waals surface area contributed by atoms with E-state index in [2.05, 4.69) is 163 Å². The quantitative estimate of drug-likeness (QED) is 0.190. The van der Waals surface area contributed by atoms with E-state index in [1.165, 1.54) is 33.0 Å². The lowest BCUT2D eigenvalue weighted by molar-refractivity contribution is 0.668. The van der Waals surface area contributed by atoms with E-state index in [9.17, 15) is 0 Å². The van der Waals surface area contributed by atoms with Crippen LogP contribution in [0.15, 0.2) is 185 Å². The maximum atomic E-state index is 6.59. The Morgan fingerprint density at radius 3 is 1.69 bits per heavy atom. The summed E-state index contributed by atoms with van der Waals surface area (Å²) in [6.45, 7) is 0. The Hall–Kier alpha value is -6.58. The Labute approximate surface area is 282 Å². The molecule has 0 aliphatic rings. The van der Waals surface area contributed by atoms with Gasteiger partial charge in [0, 0.05) is 44.7 Å². The van der Waals surface area contributed by atoms with E-state index in [0.29, 0.717) is 0 Å². The molecule has 10 aromatic rings. The number of nitrogens with zero attached hydrogens (tertiary/aromatic N) is 1. The van der Waals surface area contributed by atoms with Gasteiger partial charge in [0.2, 0.25) is 0 Å². The van der Waals surface area contributed by atoms with E-state index in [1.54, 1.807) is 0 Å². The first kappa shape index (κ1) is 27.5. The minimum Gasteiger partial charge on any atom is -0.456 e. The lowest BCUT2D eigenvalue weighted by Gasteiger charge is -2.25. The first-order valence-electron chi connectivity index (χ1n) is 16.6. The molecule has 0 aliphatic heterocycles. The highest BCUT2D eigenvalue weighted by atomic mass is 16.3. The zero-order valence-corrected chi connectivity index (χ0v) is 26.5. The fraction of sp³-hybridized carbons (Fsp3) is 0. The van der Waals surface area contributed by atoms with Gasteiger partial charge in [-0.25, -0.2) is 0 Å². The first-order valence-corrected chi connectivity index (χ1v) is 16.6.